The highest BCUT2D eigenvalue weighted by atomic mass is 16.5. The lowest BCUT2D eigenvalue weighted by Crippen LogP contribution is -2.57. The number of nitrogens with one attached hydrogen (secondary N) is 1. The predicted molar refractivity (Wildman–Crippen MR) is 140 cm³/mol. The second-order valence-electron chi connectivity index (χ2n) is 9.90. The second-order valence-corrected chi connectivity index (χ2v) is 9.90. The third-order valence-electron chi connectivity index (χ3n) is 7.43. The fraction of sp³-hybridized carbons (Fsp3) is 0.393. The van der Waals surface area contributed by atoms with Gasteiger partial charge in [-0.1, -0.05) is 23.4 Å². The summed E-state index contributed by atoms with van der Waals surface area (Å²) in [6.07, 6.45) is 7.90. The maximum absolute atomic E-state index is 6.09. The van der Waals surface area contributed by atoms with E-state index >= 15 is 0 Å². The summed E-state index contributed by atoms with van der Waals surface area (Å²) in [5.41, 5.74) is 4.21. The van der Waals surface area contributed by atoms with Gasteiger partial charge < -0.3 is 19.5 Å². The lowest BCUT2D eigenvalue weighted by Gasteiger charge is -2.46. The van der Waals surface area contributed by atoms with E-state index in [9.17, 15) is 0 Å². The van der Waals surface area contributed by atoms with Crippen LogP contribution in [0.25, 0.3) is 11.0 Å². The van der Waals surface area contributed by atoms with E-state index in [-0.39, 0.29) is 0 Å². The van der Waals surface area contributed by atoms with Gasteiger partial charge in [-0.15, -0.1) is 0 Å². The van der Waals surface area contributed by atoms with Crippen LogP contribution < -0.4 is 15.0 Å². The Balaban J connectivity index is 0.980. The van der Waals surface area contributed by atoms with Crippen LogP contribution in [0.3, 0.4) is 0 Å². The van der Waals surface area contributed by atoms with Crippen LogP contribution in [0.1, 0.15) is 24.0 Å². The molecule has 0 bridgehead atoms. The fourth-order valence-electron chi connectivity index (χ4n) is 5.36. The summed E-state index contributed by atoms with van der Waals surface area (Å²) in [6.45, 7) is 7.57. The van der Waals surface area contributed by atoms with Crippen molar-refractivity contribution in [3.8, 4) is 5.88 Å². The molecular formula is C28H32N6O2. The van der Waals surface area contributed by atoms with Crippen molar-refractivity contribution >= 4 is 22.5 Å². The van der Waals surface area contributed by atoms with Crippen molar-refractivity contribution in [2.75, 3.05) is 43.0 Å². The summed E-state index contributed by atoms with van der Waals surface area (Å²) in [7, 11) is 0. The first-order chi connectivity index (χ1) is 17.7. The zero-order valence-electron chi connectivity index (χ0n) is 20.6. The van der Waals surface area contributed by atoms with Crippen molar-refractivity contribution < 1.29 is 9.26 Å². The molecule has 2 atom stereocenters. The molecule has 186 valence electrons. The van der Waals surface area contributed by atoms with E-state index in [0.29, 0.717) is 24.4 Å². The first-order valence-electron chi connectivity index (χ1n) is 12.8. The van der Waals surface area contributed by atoms with E-state index in [2.05, 4.69) is 49.3 Å². The van der Waals surface area contributed by atoms with Crippen LogP contribution in [0.15, 0.2) is 65.6 Å². The summed E-state index contributed by atoms with van der Waals surface area (Å²) >= 11 is 0. The number of benzene rings is 1. The van der Waals surface area contributed by atoms with Crippen molar-refractivity contribution in [3.05, 3.63) is 72.2 Å². The van der Waals surface area contributed by atoms with Crippen molar-refractivity contribution in [3.63, 3.8) is 0 Å². The number of ether oxygens (including phenoxy) is 1. The molecule has 1 aromatic carbocycles. The fourth-order valence-corrected chi connectivity index (χ4v) is 5.36. The second kappa shape index (κ2) is 10.1. The van der Waals surface area contributed by atoms with Gasteiger partial charge in [0.05, 0.1) is 12.0 Å². The molecular weight excluding hydrogens is 452 g/mol. The standard InChI is InChI=1S/C28H32N6O2/c1-20-14-29-11-10-25(20)30-15-21-7-9-27(31-16-21)35-19-22-6-8-23-18-34(13-12-33(23)17-22)28-24-4-2-3-5-26(24)36-32-28/h2-5,7,9-11,14,16,22-23H,6,8,12-13,15,17-19H2,1H3,(H,29,30)/t22-,23+/m1/s1. The zero-order chi connectivity index (χ0) is 24.3. The van der Waals surface area contributed by atoms with Gasteiger partial charge in [0.25, 0.3) is 0 Å². The SMILES string of the molecule is Cc1cnccc1NCc1ccc(OC[C@@H]2CC[C@H]3CN(c4noc5ccccc45)CCN3C2)nc1. The number of pyridine rings is 2. The molecule has 0 radical (unpaired) electrons. The summed E-state index contributed by atoms with van der Waals surface area (Å²) in [6, 6.07) is 14.7. The van der Waals surface area contributed by atoms with E-state index in [1.807, 2.05) is 42.7 Å². The van der Waals surface area contributed by atoms with E-state index < -0.39 is 0 Å². The number of aryl methyl sites for hydroxylation is 1. The third-order valence-corrected chi connectivity index (χ3v) is 7.43. The van der Waals surface area contributed by atoms with Crippen LogP contribution in [0.4, 0.5) is 11.5 Å². The highest BCUT2D eigenvalue weighted by molar-refractivity contribution is 5.88. The minimum Gasteiger partial charge on any atom is -0.477 e. The summed E-state index contributed by atoms with van der Waals surface area (Å²) in [5, 5.41) is 8.92. The third kappa shape index (κ3) is 4.86. The monoisotopic (exact) mass is 484 g/mol. The Morgan fingerprint density at radius 2 is 2.00 bits per heavy atom. The molecule has 0 unspecified atom stereocenters. The molecule has 36 heavy (non-hydrogen) atoms. The molecule has 3 aromatic heterocycles. The molecule has 5 heterocycles. The molecule has 0 spiro atoms. The number of rotatable bonds is 7. The molecule has 4 aromatic rings. The summed E-state index contributed by atoms with van der Waals surface area (Å²) < 4.78 is 11.6. The van der Waals surface area contributed by atoms with Gasteiger partial charge in [-0.2, -0.15) is 0 Å². The highest BCUT2D eigenvalue weighted by Crippen LogP contribution is 2.31. The molecule has 6 rings (SSSR count). The van der Waals surface area contributed by atoms with Crippen molar-refractivity contribution in [1.82, 2.24) is 20.0 Å². The molecule has 2 saturated heterocycles. The largest absolute Gasteiger partial charge is 0.477 e. The van der Waals surface area contributed by atoms with Crippen molar-refractivity contribution in [1.29, 1.82) is 0 Å². The molecule has 2 fully saturated rings. The Hall–Kier alpha value is -3.65. The van der Waals surface area contributed by atoms with Crippen LogP contribution in [-0.4, -0.2) is 58.9 Å². The molecule has 0 aliphatic carbocycles. The quantitative estimate of drug-likeness (QED) is 0.410. The van der Waals surface area contributed by atoms with Gasteiger partial charge in [-0.05, 0) is 49.1 Å². The molecule has 8 nitrogen and oxygen atoms in total. The van der Waals surface area contributed by atoms with Crippen LogP contribution >= 0.6 is 0 Å². The molecule has 0 amide bonds. The lowest BCUT2D eigenvalue weighted by atomic mass is 9.91. The predicted octanol–water partition coefficient (Wildman–Crippen LogP) is 4.52. The summed E-state index contributed by atoms with van der Waals surface area (Å²) in [5.74, 6) is 2.21. The Morgan fingerprint density at radius 1 is 1.06 bits per heavy atom. The highest BCUT2D eigenvalue weighted by Gasteiger charge is 2.34. The van der Waals surface area contributed by atoms with Crippen molar-refractivity contribution in [2.45, 2.75) is 32.4 Å². The number of piperazine rings is 1. The van der Waals surface area contributed by atoms with E-state index in [4.69, 9.17) is 9.26 Å². The van der Waals surface area contributed by atoms with E-state index in [0.717, 1.165) is 66.3 Å². The molecule has 2 aliphatic rings. The van der Waals surface area contributed by atoms with Crippen LogP contribution in [0.5, 0.6) is 5.88 Å². The number of hydrogen-bond donors (Lipinski definition) is 1. The van der Waals surface area contributed by atoms with Gasteiger partial charge in [0.1, 0.15) is 0 Å². The number of anilines is 2. The number of nitrogens with zero attached hydrogens (tertiary/aromatic N) is 5. The normalized spacial score (nSPS) is 20.3. The maximum atomic E-state index is 6.09. The Kier molecular flexibility index (Phi) is 6.42. The molecule has 1 N–H and O–H groups in total. The summed E-state index contributed by atoms with van der Waals surface area (Å²) in [4.78, 5) is 13.7. The van der Waals surface area contributed by atoms with Crippen LogP contribution in [-0.2, 0) is 6.54 Å². The van der Waals surface area contributed by atoms with Gasteiger partial charge in [0.15, 0.2) is 11.4 Å². The maximum Gasteiger partial charge on any atom is 0.213 e. The topological polar surface area (TPSA) is 79.6 Å². The van der Waals surface area contributed by atoms with Gasteiger partial charge in [0, 0.05) is 75.0 Å². The van der Waals surface area contributed by atoms with E-state index in [1.54, 1.807) is 6.20 Å². The van der Waals surface area contributed by atoms with Crippen LogP contribution in [0, 0.1) is 12.8 Å². The lowest BCUT2D eigenvalue weighted by molar-refractivity contribution is 0.0717. The first-order valence-corrected chi connectivity index (χ1v) is 12.8. The smallest absolute Gasteiger partial charge is 0.213 e. The number of hydrogen-bond acceptors (Lipinski definition) is 8. The van der Waals surface area contributed by atoms with Crippen molar-refractivity contribution in [2.24, 2.45) is 5.92 Å². The zero-order valence-corrected chi connectivity index (χ0v) is 20.6. The van der Waals surface area contributed by atoms with E-state index in [1.165, 1.54) is 12.8 Å². The minimum atomic E-state index is 0.526. The number of piperidine rings is 1. The van der Waals surface area contributed by atoms with Gasteiger partial charge in [-0.3, -0.25) is 9.88 Å². The van der Waals surface area contributed by atoms with Gasteiger partial charge >= 0.3 is 0 Å². The number of para-hydroxylation sites is 1. The Labute approximate surface area is 211 Å². The molecule has 2 aliphatic heterocycles. The average Bonchev–Trinajstić information content (AvgIpc) is 3.36. The molecule has 8 heteroatoms. The first kappa shape index (κ1) is 22.8. The number of fused-ring (bicyclic) bond motifs is 2. The van der Waals surface area contributed by atoms with Crippen LogP contribution in [0.2, 0.25) is 0 Å². The minimum absolute atomic E-state index is 0.526. The number of aromatic nitrogens is 3. The Bertz CT molecular complexity index is 1310. The molecule has 0 saturated carbocycles. The van der Waals surface area contributed by atoms with Gasteiger partial charge in [0.2, 0.25) is 5.88 Å². The van der Waals surface area contributed by atoms with Gasteiger partial charge in [-0.25, -0.2) is 4.98 Å². The Morgan fingerprint density at radius 3 is 2.89 bits per heavy atom. The average molecular weight is 485 g/mol.